The number of aromatic amines is 1. The van der Waals surface area contributed by atoms with E-state index in [1.165, 1.54) is 12.3 Å². The number of nitrogens with one attached hydrogen (secondary N) is 2. The molecule has 0 aliphatic carbocycles. The Bertz CT molecular complexity index is 619. The smallest absolute Gasteiger partial charge is 0.287 e. The summed E-state index contributed by atoms with van der Waals surface area (Å²) in [7, 11) is 0. The molecule has 1 amide bonds. The molecule has 2 rings (SSSR count). The quantitative estimate of drug-likeness (QED) is 0.570. The molecule has 20 heavy (non-hydrogen) atoms. The average Bonchev–Trinajstić information content (AvgIpc) is 2.91. The van der Waals surface area contributed by atoms with Crippen molar-refractivity contribution >= 4 is 17.3 Å². The van der Waals surface area contributed by atoms with Crippen LogP contribution in [0.4, 0.5) is 11.4 Å². The zero-order valence-corrected chi connectivity index (χ0v) is 10.5. The van der Waals surface area contributed by atoms with Gasteiger partial charge in [-0.15, -0.1) is 0 Å². The number of carbonyl (C=O) groups excluding carboxylic acids is 1. The molecule has 7 heteroatoms. The maximum atomic E-state index is 11.9. The number of rotatable bonds is 5. The molecule has 0 bridgehead atoms. The van der Waals surface area contributed by atoms with Gasteiger partial charge < -0.3 is 15.4 Å². The van der Waals surface area contributed by atoms with E-state index in [0.29, 0.717) is 12.1 Å². The number of benzene rings is 1. The molecule has 0 aliphatic rings. The average molecular weight is 275 g/mol. The second kappa shape index (κ2) is 5.98. The number of H-pyrrole nitrogens is 1. The van der Waals surface area contributed by atoms with Gasteiger partial charge in [0, 0.05) is 18.4 Å². The van der Waals surface area contributed by atoms with Gasteiger partial charge in [0.25, 0.3) is 11.6 Å². The summed E-state index contributed by atoms with van der Waals surface area (Å²) < 4.78 is 0. The Kier molecular flexibility index (Phi) is 4.11. The first kappa shape index (κ1) is 13.8. The summed E-state index contributed by atoms with van der Waals surface area (Å²) in [5, 5.41) is 22.0. The highest BCUT2D eigenvalue weighted by atomic mass is 16.6. The molecule has 0 atom stereocenters. The SMILES string of the molecule is O=C(Nc1ccc(CCO)cc1)c1cc([N+](=O)[O-])c[nH]1. The molecule has 0 aliphatic heterocycles. The third-order valence-electron chi connectivity index (χ3n) is 2.74. The number of hydrogen-bond donors (Lipinski definition) is 3. The van der Waals surface area contributed by atoms with Crippen molar-refractivity contribution in [2.75, 3.05) is 11.9 Å². The van der Waals surface area contributed by atoms with E-state index in [4.69, 9.17) is 5.11 Å². The molecular formula is C13H13N3O4. The van der Waals surface area contributed by atoms with Crippen molar-refractivity contribution in [1.29, 1.82) is 0 Å². The summed E-state index contributed by atoms with van der Waals surface area (Å²) in [5.74, 6) is -0.451. The molecule has 0 unspecified atom stereocenters. The van der Waals surface area contributed by atoms with Crippen molar-refractivity contribution in [1.82, 2.24) is 4.98 Å². The zero-order valence-electron chi connectivity index (χ0n) is 10.5. The number of aliphatic hydroxyl groups is 1. The van der Waals surface area contributed by atoms with E-state index in [0.717, 1.165) is 5.56 Å². The third kappa shape index (κ3) is 3.21. The van der Waals surface area contributed by atoms with E-state index in [1.807, 2.05) is 0 Å². The van der Waals surface area contributed by atoms with E-state index >= 15 is 0 Å². The Morgan fingerprint density at radius 2 is 2.05 bits per heavy atom. The highest BCUT2D eigenvalue weighted by molar-refractivity contribution is 6.03. The third-order valence-corrected chi connectivity index (χ3v) is 2.74. The van der Waals surface area contributed by atoms with E-state index < -0.39 is 10.8 Å². The van der Waals surface area contributed by atoms with E-state index in [-0.39, 0.29) is 18.0 Å². The Morgan fingerprint density at radius 1 is 1.35 bits per heavy atom. The lowest BCUT2D eigenvalue weighted by atomic mass is 10.1. The highest BCUT2D eigenvalue weighted by Gasteiger charge is 2.14. The van der Waals surface area contributed by atoms with Crippen molar-refractivity contribution in [3.63, 3.8) is 0 Å². The van der Waals surface area contributed by atoms with Gasteiger partial charge in [-0.05, 0) is 24.1 Å². The molecule has 104 valence electrons. The first-order valence-electron chi connectivity index (χ1n) is 5.94. The minimum Gasteiger partial charge on any atom is -0.396 e. The Hall–Kier alpha value is -2.67. The van der Waals surface area contributed by atoms with Gasteiger partial charge in [-0.25, -0.2) is 0 Å². The summed E-state index contributed by atoms with van der Waals surface area (Å²) in [6.45, 7) is 0.0673. The molecule has 0 saturated carbocycles. The fraction of sp³-hybridized carbons (Fsp3) is 0.154. The van der Waals surface area contributed by atoms with Crippen LogP contribution in [0.15, 0.2) is 36.5 Å². The minimum absolute atomic E-state index is 0.0673. The Balaban J connectivity index is 2.04. The summed E-state index contributed by atoms with van der Waals surface area (Å²) in [6.07, 6.45) is 1.72. The highest BCUT2D eigenvalue weighted by Crippen LogP contribution is 2.15. The van der Waals surface area contributed by atoms with Gasteiger partial charge in [0.15, 0.2) is 0 Å². The molecule has 2 aromatic rings. The van der Waals surface area contributed by atoms with Crippen LogP contribution in [0.3, 0.4) is 0 Å². The first-order valence-corrected chi connectivity index (χ1v) is 5.94. The molecule has 1 heterocycles. The second-order valence-electron chi connectivity index (χ2n) is 4.15. The van der Waals surface area contributed by atoms with Crippen LogP contribution in [0.1, 0.15) is 16.1 Å². The standard InChI is InChI=1S/C13H13N3O4/c17-6-5-9-1-3-10(4-2-9)15-13(18)12-7-11(8-14-12)16(19)20/h1-4,7-8,14,17H,5-6H2,(H,15,18). The van der Waals surface area contributed by atoms with Crippen LogP contribution in [0.5, 0.6) is 0 Å². The maximum Gasteiger partial charge on any atom is 0.287 e. The summed E-state index contributed by atoms with van der Waals surface area (Å²) in [5.41, 5.74) is 1.50. The van der Waals surface area contributed by atoms with Crippen LogP contribution < -0.4 is 5.32 Å². The first-order chi connectivity index (χ1) is 9.60. The molecule has 0 saturated heterocycles. The molecule has 0 fully saturated rings. The number of aromatic nitrogens is 1. The van der Waals surface area contributed by atoms with Crippen LogP contribution in [-0.4, -0.2) is 27.5 Å². The van der Waals surface area contributed by atoms with Crippen molar-refractivity contribution < 1.29 is 14.8 Å². The van der Waals surface area contributed by atoms with Gasteiger partial charge >= 0.3 is 0 Å². The maximum absolute atomic E-state index is 11.9. The fourth-order valence-electron chi connectivity index (χ4n) is 1.70. The van der Waals surface area contributed by atoms with E-state index in [9.17, 15) is 14.9 Å². The van der Waals surface area contributed by atoms with Gasteiger partial charge in [-0.1, -0.05) is 12.1 Å². The van der Waals surface area contributed by atoms with E-state index in [1.54, 1.807) is 24.3 Å². The lowest BCUT2D eigenvalue weighted by Gasteiger charge is -2.04. The van der Waals surface area contributed by atoms with Gasteiger partial charge in [-0.2, -0.15) is 0 Å². The van der Waals surface area contributed by atoms with Crippen LogP contribution in [0, 0.1) is 10.1 Å². The molecule has 3 N–H and O–H groups in total. The van der Waals surface area contributed by atoms with Crippen LogP contribution in [0.2, 0.25) is 0 Å². The molecular weight excluding hydrogens is 262 g/mol. The number of nitrogens with zero attached hydrogens (tertiary/aromatic N) is 1. The second-order valence-corrected chi connectivity index (χ2v) is 4.15. The predicted molar refractivity (Wildman–Crippen MR) is 72.6 cm³/mol. The van der Waals surface area contributed by atoms with Crippen molar-refractivity contribution in [3.8, 4) is 0 Å². The number of hydrogen-bond acceptors (Lipinski definition) is 4. The molecule has 0 radical (unpaired) electrons. The van der Waals surface area contributed by atoms with E-state index in [2.05, 4.69) is 10.3 Å². The largest absolute Gasteiger partial charge is 0.396 e. The summed E-state index contributed by atoms with van der Waals surface area (Å²) in [6, 6.07) is 8.18. The Morgan fingerprint density at radius 3 is 2.60 bits per heavy atom. The van der Waals surface area contributed by atoms with Crippen LogP contribution >= 0.6 is 0 Å². The van der Waals surface area contributed by atoms with Crippen LogP contribution in [-0.2, 0) is 6.42 Å². The fourth-order valence-corrected chi connectivity index (χ4v) is 1.70. The normalized spacial score (nSPS) is 10.2. The minimum atomic E-state index is -0.572. The summed E-state index contributed by atoms with van der Waals surface area (Å²) in [4.78, 5) is 24.4. The van der Waals surface area contributed by atoms with Crippen LogP contribution in [0.25, 0.3) is 0 Å². The molecule has 0 spiro atoms. The number of carbonyl (C=O) groups is 1. The van der Waals surface area contributed by atoms with Crippen molar-refractivity contribution in [2.45, 2.75) is 6.42 Å². The van der Waals surface area contributed by atoms with Gasteiger partial charge in [0.1, 0.15) is 5.69 Å². The molecule has 7 nitrogen and oxygen atoms in total. The Labute approximate surface area is 114 Å². The topological polar surface area (TPSA) is 108 Å². The predicted octanol–water partition coefficient (Wildman–Crippen LogP) is 1.71. The van der Waals surface area contributed by atoms with Gasteiger partial charge in [0.2, 0.25) is 0 Å². The zero-order chi connectivity index (χ0) is 14.5. The number of aliphatic hydroxyl groups excluding tert-OH is 1. The lowest BCUT2D eigenvalue weighted by molar-refractivity contribution is -0.384. The van der Waals surface area contributed by atoms with Crippen molar-refractivity contribution in [3.05, 3.63) is 57.9 Å². The van der Waals surface area contributed by atoms with Crippen molar-refractivity contribution in [2.24, 2.45) is 0 Å². The number of amides is 1. The molecule has 1 aromatic heterocycles. The van der Waals surface area contributed by atoms with Gasteiger partial charge in [0.05, 0.1) is 11.1 Å². The number of nitro groups is 1. The lowest BCUT2D eigenvalue weighted by Crippen LogP contribution is -2.12. The van der Waals surface area contributed by atoms with Gasteiger partial charge in [-0.3, -0.25) is 14.9 Å². The molecule has 1 aromatic carbocycles. The monoisotopic (exact) mass is 275 g/mol. The number of anilines is 1. The summed E-state index contributed by atoms with van der Waals surface area (Å²) >= 11 is 0.